The van der Waals surface area contributed by atoms with Crippen LogP contribution in [0.4, 0.5) is 4.39 Å². The van der Waals surface area contributed by atoms with Crippen LogP contribution in [-0.4, -0.2) is 36.9 Å². The maximum atomic E-state index is 13.0. The van der Waals surface area contributed by atoms with Gasteiger partial charge in [0.05, 0.1) is 24.8 Å². The number of aryl methyl sites for hydroxylation is 2. The van der Waals surface area contributed by atoms with E-state index in [-0.39, 0.29) is 24.8 Å². The summed E-state index contributed by atoms with van der Waals surface area (Å²) in [5.74, 6) is -0.886. The van der Waals surface area contributed by atoms with E-state index in [1.54, 1.807) is 32.9 Å². The Labute approximate surface area is 146 Å². The fourth-order valence-corrected chi connectivity index (χ4v) is 2.96. The lowest BCUT2D eigenvalue weighted by molar-refractivity contribution is -0.884. The molecule has 0 aliphatic carbocycles. The Hall–Kier alpha value is -2.47. The number of ketones is 1. The number of esters is 1. The number of aromatic nitrogens is 1. The molecule has 134 valence electrons. The van der Waals surface area contributed by atoms with Gasteiger partial charge in [0.15, 0.2) is 0 Å². The molecule has 0 saturated heterocycles. The molecule has 5 nitrogen and oxygen atoms in total. The van der Waals surface area contributed by atoms with Crippen LogP contribution in [0.2, 0.25) is 0 Å². The van der Waals surface area contributed by atoms with E-state index in [9.17, 15) is 14.0 Å². The fraction of sp³-hybridized carbons (Fsp3) is 0.368. The number of quaternary nitrogens is 1. The van der Waals surface area contributed by atoms with Crippen LogP contribution in [-0.2, 0) is 11.3 Å². The molecule has 1 heterocycles. The van der Waals surface area contributed by atoms with Gasteiger partial charge in [0.25, 0.3) is 0 Å². The minimum atomic E-state index is -0.483. The fourth-order valence-electron chi connectivity index (χ4n) is 2.96. The lowest BCUT2D eigenvalue weighted by atomic mass is 10.0. The molecule has 0 aliphatic rings. The van der Waals surface area contributed by atoms with E-state index in [1.807, 2.05) is 7.05 Å². The molecule has 0 aliphatic heterocycles. The number of H-pyrrole nitrogens is 1. The third-order valence-corrected chi connectivity index (χ3v) is 4.01. The molecule has 1 aromatic carbocycles. The van der Waals surface area contributed by atoms with Gasteiger partial charge in [-0.3, -0.25) is 4.79 Å². The monoisotopic (exact) mass is 347 g/mol. The van der Waals surface area contributed by atoms with Gasteiger partial charge in [-0.1, -0.05) is 12.1 Å². The van der Waals surface area contributed by atoms with Crippen LogP contribution in [0.15, 0.2) is 24.3 Å². The van der Waals surface area contributed by atoms with Crippen molar-refractivity contribution in [1.29, 1.82) is 0 Å². The first-order valence-electron chi connectivity index (χ1n) is 8.28. The molecule has 0 fully saturated rings. The normalized spacial score (nSPS) is 12.0. The van der Waals surface area contributed by atoms with E-state index in [0.29, 0.717) is 29.1 Å². The van der Waals surface area contributed by atoms with Crippen LogP contribution < -0.4 is 4.90 Å². The number of likely N-dealkylation sites (N-methyl/N-ethyl adjacent to an activating group) is 1. The zero-order valence-electron chi connectivity index (χ0n) is 15.0. The van der Waals surface area contributed by atoms with Crippen LogP contribution in [0, 0.1) is 19.7 Å². The number of hydrogen-bond acceptors (Lipinski definition) is 3. The van der Waals surface area contributed by atoms with E-state index in [1.165, 1.54) is 12.1 Å². The molecule has 1 unspecified atom stereocenters. The highest BCUT2D eigenvalue weighted by Gasteiger charge is 2.27. The van der Waals surface area contributed by atoms with Gasteiger partial charge in [-0.05, 0) is 32.9 Å². The summed E-state index contributed by atoms with van der Waals surface area (Å²) in [4.78, 5) is 28.9. The highest BCUT2D eigenvalue weighted by molar-refractivity contribution is 6.08. The maximum absolute atomic E-state index is 13.0. The average Bonchev–Trinajstić information content (AvgIpc) is 2.84. The summed E-state index contributed by atoms with van der Waals surface area (Å²) in [7, 11) is 1.89. The lowest BCUT2D eigenvalue weighted by Gasteiger charge is -2.14. The van der Waals surface area contributed by atoms with Crippen molar-refractivity contribution in [3.63, 3.8) is 0 Å². The molecular formula is C19H24FN2O3+. The first kappa shape index (κ1) is 18.9. The number of Topliss-reactive ketones (excluding diaryl/α,β-unsaturated/α-hetero) is 1. The predicted molar refractivity (Wildman–Crippen MR) is 92.4 cm³/mol. The lowest BCUT2D eigenvalue weighted by Crippen LogP contribution is -3.08. The van der Waals surface area contributed by atoms with E-state index in [4.69, 9.17) is 4.74 Å². The summed E-state index contributed by atoms with van der Waals surface area (Å²) >= 11 is 0. The molecule has 25 heavy (non-hydrogen) atoms. The van der Waals surface area contributed by atoms with Crippen molar-refractivity contribution in [1.82, 2.24) is 4.98 Å². The van der Waals surface area contributed by atoms with Crippen molar-refractivity contribution < 1.29 is 23.6 Å². The molecule has 2 aromatic rings. The van der Waals surface area contributed by atoms with Crippen molar-refractivity contribution in [2.45, 2.75) is 27.3 Å². The molecule has 1 aromatic heterocycles. The van der Waals surface area contributed by atoms with Crippen molar-refractivity contribution in [2.24, 2.45) is 0 Å². The number of halogens is 1. The van der Waals surface area contributed by atoms with Gasteiger partial charge in [0.1, 0.15) is 18.9 Å². The highest BCUT2D eigenvalue weighted by atomic mass is 19.1. The minimum Gasteiger partial charge on any atom is -0.462 e. The number of benzene rings is 1. The van der Waals surface area contributed by atoms with Gasteiger partial charge >= 0.3 is 5.97 Å². The number of aromatic amines is 1. The number of nitrogens with one attached hydrogen (secondary N) is 2. The minimum absolute atomic E-state index is 0.121. The number of ether oxygens (including phenoxy) is 1. The molecule has 0 saturated carbocycles. The van der Waals surface area contributed by atoms with Gasteiger partial charge in [-0.2, -0.15) is 0 Å². The number of rotatable bonds is 7. The van der Waals surface area contributed by atoms with Gasteiger partial charge < -0.3 is 14.6 Å². The van der Waals surface area contributed by atoms with Crippen LogP contribution in [0.3, 0.4) is 0 Å². The zero-order chi connectivity index (χ0) is 18.6. The largest absolute Gasteiger partial charge is 0.462 e. The third-order valence-electron chi connectivity index (χ3n) is 4.01. The molecule has 0 radical (unpaired) electrons. The molecule has 0 amide bonds. The Kier molecular flexibility index (Phi) is 6.09. The van der Waals surface area contributed by atoms with Gasteiger partial charge in [0.2, 0.25) is 5.78 Å². The smallest absolute Gasteiger partial charge is 0.340 e. The Morgan fingerprint density at radius 3 is 2.32 bits per heavy atom. The molecular weight excluding hydrogens is 323 g/mol. The summed E-state index contributed by atoms with van der Waals surface area (Å²) < 4.78 is 18.0. The quantitative estimate of drug-likeness (QED) is 0.593. The SMILES string of the molecule is CCOC(=O)c1c(C)[nH]c(C)c1C(=O)C[NH+](C)Cc1ccc(F)cc1. The molecule has 0 spiro atoms. The zero-order valence-corrected chi connectivity index (χ0v) is 15.0. The standard InChI is InChI=1S/C19H23FN2O3/c1-5-25-19(24)18-13(3)21-12(2)17(18)16(23)11-22(4)10-14-6-8-15(20)9-7-14/h6-9,21H,5,10-11H2,1-4H3/p+1. The maximum Gasteiger partial charge on any atom is 0.340 e. The Morgan fingerprint density at radius 1 is 1.12 bits per heavy atom. The van der Waals surface area contributed by atoms with Crippen LogP contribution in [0.1, 0.15) is 44.6 Å². The van der Waals surface area contributed by atoms with Crippen molar-refractivity contribution in [3.05, 3.63) is 58.2 Å². The molecule has 1 atom stereocenters. The predicted octanol–water partition coefficient (Wildman–Crippen LogP) is 1.84. The van der Waals surface area contributed by atoms with E-state index in [0.717, 1.165) is 10.5 Å². The van der Waals surface area contributed by atoms with Crippen LogP contribution in [0.25, 0.3) is 0 Å². The summed E-state index contributed by atoms with van der Waals surface area (Å²) in [5.41, 5.74) is 2.96. The Bertz CT molecular complexity index is 766. The van der Waals surface area contributed by atoms with Crippen molar-refractivity contribution in [2.75, 3.05) is 20.2 Å². The summed E-state index contributed by atoms with van der Waals surface area (Å²) in [6.07, 6.45) is 0. The second-order valence-corrected chi connectivity index (χ2v) is 6.21. The van der Waals surface area contributed by atoms with E-state index >= 15 is 0 Å². The second kappa shape index (κ2) is 8.07. The van der Waals surface area contributed by atoms with Crippen molar-refractivity contribution in [3.8, 4) is 0 Å². The summed E-state index contributed by atoms with van der Waals surface area (Å²) in [5, 5.41) is 0. The van der Waals surface area contributed by atoms with E-state index < -0.39 is 5.97 Å². The third kappa shape index (κ3) is 4.54. The second-order valence-electron chi connectivity index (χ2n) is 6.21. The van der Waals surface area contributed by atoms with Gasteiger partial charge in [0, 0.05) is 17.0 Å². The molecule has 2 rings (SSSR count). The van der Waals surface area contributed by atoms with Crippen molar-refractivity contribution >= 4 is 11.8 Å². The highest BCUT2D eigenvalue weighted by Crippen LogP contribution is 2.19. The summed E-state index contributed by atoms with van der Waals surface area (Å²) in [6, 6.07) is 6.23. The van der Waals surface area contributed by atoms with Gasteiger partial charge in [-0.15, -0.1) is 0 Å². The molecule has 2 N–H and O–H groups in total. The number of carbonyl (C=O) groups excluding carboxylic acids is 2. The first-order valence-corrected chi connectivity index (χ1v) is 8.28. The first-order chi connectivity index (χ1) is 11.8. The molecule has 6 heteroatoms. The number of hydrogen-bond donors (Lipinski definition) is 2. The summed E-state index contributed by atoms with van der Waals surface area (Å²) in [6.45, 7) is 6.33. The van der Waals surface area contributed by atoms with Crippen LogP contribution >= 0.6 is 0 Å². The molecule has 0 bridgehead atoms. The Balaban J connectivity index is 2.14. The van der Waals surface area contributed by atoms with Gasteiger partial charge in [-0.25, -0.2) is 9.18 Å². The number of carbonyl (C=O) groups is 2. The van der Waals surface area contributed by atoms with Crippen LogP contribution in [0.5, 0.6) is 0 Å². The average molecular weight is 347 g/mol. The Morgan fingerprint density at radius 2 is 1.72 bits per heavy atom. The topological polar surface area (TPSA) is 63.6 Å². The van der Waals surface area contributed by atoms with E-state index in [2.05, 4.69) is 4.98 Å².